The van der Waals surface area contributed by atoms with Gasteiger partial charge in [-0.2, -0.15) is 5.10 Å². The second-order valence-corrected chi connectivity index (χ2v) is 3.77. The molecule has 0 saturated carbocycles. The van der Waals surface area contributed by atoms with Crippen molar-refractivity contribution < 1.29 is 9.13 Å². The maximum Gasteiger partial charge on any atom is 0.169 e. The van der Waals surface area contributed by atoms with Crippen molar-refractivity contribution in [3.05, 3.63) is 11.9 Å². The quantitative estimate of drug-likeness (QED) is 0.816. The Kier molecular flexibility index (Phi) is 2.65. The molecule has 0 aromatic carbocycles. The van der Waals surface area contributed by atoms with Crippen molar-refractivity contribution in [2.45, 2.75) is 25.6 Å². The molecule has 84 valence electrons. The van der Waals surface area contributed by atoms with E-state index in [0.29, 0.717) is 37.5 Å². The second kappa shape index (κ2) is 3.81. The summed E-state index contributed by atoms with van der Waals surface area (Å²) in [6, 6.07) is 0. The molecular weight excluding hydrogens is 197 g/mol. The van der Waals surface area contributed by atoms with Gasteiger partial charge < -0.3 is 10.1 Å². The highest BCUT2D eigenvalue weighted by Gasteiger charge is 2.41. The summed E-state index contributed by atoms with van der Waals surface area (Å²) in [6.07, 6.45) is 2.06. The first-order chi connectivity index (χ1) is 7.21. The molecule has 5 heteroatoms. The van der Waals surface area contributed by atoms with E-state index in [0.717, 1.165) is 0 Å². The van der Waals surface area contributed by atoms with Crippen LogP contribution < -0.4 is 10.1 Å². The first-order valence-corrected chi connectivity index (χ1v) is 5.21. The Morgan fingerprint density at radius 1 is 1.73 bits per heavy atom. The van der Waals surface area contributed by atoms with E-state index in [-0.39, 0.29) is 0 Å². The highest BCUT2D eigenvalue weighted by molar-refractivity contribution is 5.32. The van der Waals surface area contributed by atoms with Gasteiger partial charge in [-0.25, -0.2) is 4.39 Å². The lowest BCUT2D eigenvalue weighted by atomic mass is 10.0. The number of methoxy groups -OCH3 is 1. The molecule has 1 saturated heterocycles. The molecule has 0 bridgehead atoms. The van der Waals surface area contributed by atoms with Crippen LogP contribution in [0, 0.1) is 0 Å². The summed E-state index contributed by atoms with van der Waals surface area (Å²) in [5.41, 5.74) is -0.768. The van der Waals surface area contributed by atoms with Crippen LogP contribution in [0.15, 0.2) is 6.20 Å². The van der Waals surface area contributed by atoms with Gasteiger partial charge in [0.05, 0.1) is 13.3 Å². The molecule has 1 aromatic heterocycles. The van der Waals surface area contributed by atoms with Crippen LogP contribution in [0.2, 0.25) is 0 Å². The van der Waals surface area contributed by atoms with Crippen LogP contribution in [0.5, 0.6) is 5.75 Å². The van der Waals surface area contributed by atoms with Gasteiger partial charge in [0.25, 0.3) is 0 Å². The second-order valence-electron chi connectivity index (χ2n) is 3.77. The number of alkyl halides is 1. The molecule has 1 unspecified atom stereocenters. The molecule has 1 N–H and O–H groups in total. The number of hydrogen-bond acceptors (Lipinski definition) is 3. The summed E-state index contributed by atoms with van der Waals surface area (Å²) >= 11 is 0. The van der Waals surface area contributed by atoms with Crippen LogP contribution in [0.3, 0.4) is 0 Å². The van der Waals surface area contributed by atoms with Crippen LogP contribution in [0.1, 0.15) is 19.0 Å². The molecule has 0 amide bonds. The van der Waals surface area contributed by atoms with Crippen LogP contribution in [-0.2, 0) is 12.2 Å². The van der Waals surface area contributed by atoms with Crippen LogP contribution >= 0.6 is 0 Å². The zero-order chi connectivity index (χ0) is 10.9. The Labute approximate surface area is 88.4 Å². The predicted molar refractivity (Wildman–Crippen MR) is 54.7 cm³/mol. The van der Waals surface area contributed by atoms with Crippen LogP contribution in [0.25, 0.3) is 0 Å². The van der Waals surface area contributed by atoms with Gasteiger partial charge in [0.2, 0.25) is 0 Å². The molecule has 2 rings (SSSR count). The number of nitrogens with zero attached hydrogens (tertiary/aromatic N) is 2. The van der Waals surface area contributed by atoms with E-state index in [1.807, 2.05) is 6.92 Å². The van der Waals surface area contributed by atoms with Crippen molar-refractivity contribution in [3.63, 3.8) is 0 Å². The van der Waals surface area contributed by atoms with Crippen molar-refractivity contribution in [2.75, 3.05) is 20.2 Å². The van der Waals surface area contributed by atoms with E-state index in [2.05, 4.69) is 10.4 Å². The van der Waals surface area contributed by atoms with Crippen molar-refractivity contribution in [2.24, 2.45) is 0 Å². The van der Waals surface area contributed by atoms with Gasteiger partial charge in [-0.3, -0.25) is 4.68 Å². The minimum Gasteiger partial charge on any atom is -0.493 e. The number of nitrogens with one attached hydrogen (secondary N) is 1. The Morgan fingerprint density at radius 3 is 3.07 bits per heavy atom. The van der Waals surface area contributed by atoms with E-state index >= 15 is 0 Å². The lowest BCUT2D eigenvalue weighted by Gasteiger charge is -2.20. The first kappa shape index (κ1) is 10.4. The van der Waals surface area contributed by atoms with E-state index in [9.17, 15) is 4.39 Å². The molecule has 1 aromatic rings. The minimum atomic E-state index is -1.34. The average molecular weight is 213 g/mol. The van der Waals surface area contributed by atoms with E-state index < -0.39 is 5.67 Å². The highest BCUT2D eigenvalue weighted by Crippen LogP contribution is 2.37. The monoisotopic (exact) mass is 213 g/mol. The predicted octanol–water partition coefficient (Wildman–Crippen LogP) is 1.07. The maximum absolute atomic E-state index is 14.6. The molecule has 15 heavy (non-hydrogen) atoms. The third-order valence-electron chi connectivity index (χ3n) is 2.85. The Hall–Kier alpha value is -1.10. The molecule has 0 spiro atoms. The Morgan fingerprint density at radius 2 is 2.53 bits per heavy atom. The van der Waals surface area contributed by atoms with Crippen molar-refractivity contribution >= 4 is 0 Å². The van der Waals surface area contributed by atoms with Gasteiger partial charge in [-0.05, 0) is 13.5 Å². The Bertz CT molecular complexity index is 323. The summed E-state index contributed by atoms with van der Waals surface area (Å²) < 4.78 is 21.4. The fraction of sp³-hybridized carbons (Fsp3) is 0.700. The van der Waals surface area contributed by atoms with Gasteiger partial charge in [0.1, 0.15) is 5.69 Å². The number of aryl methyl sites for hydroxylation is 1. The zero-order valence-corrected chi connectivity index (χ0v) is 9.09. The number of rotatable bonds is 3. The molecule has 4 nitrogen and oxygen atoms in total. The molecule has 1 aliphatic rings. The van der Waals surface area contributed by atoms with Gasteiger partial charge in [-0.15, -0.1) is 0 Å². The van der Waals surface area contributed by atoms with Gasteiger partial charge in [0.15, 0.2) is 11.4 Å². The maximum atomic E-state index is 14.6. The number of halogens is 1. The molecule has 0 aliphatic carbocycles. The van der Waals surface area contributed by atoms with E-state index in [4.69, 9.17) is 4.74 Å². The van der Waals surface area contributed by atoms with Gasteiger partial charge in [-0.1, -0.05) is 0 Å². The summed E-state index contributed by atoms with van der Waals surface area (Å²) in [5, 5.41) is 7.15. The Balaban J connectivity index is 2.43. The fourth-order valence-corrected chi connectivity index (χ4v) is 2.07. The zero-order valence-electron chi connectivity index (χ0n) is 9.09. The van der Waals surface area contributed by atoms with Crippen LogP contribution in [0.4, 0.5) is 4.39 Å². The lowest BCUT2D eigenvalue weighted by Crippen LogP contribution is -2.27. The van der Waals surface area contributed by atoms with Gasteiger partial charge >= 0.3 is 0 Å². The van der Waals surface area contributed by atoms with Crippen molar-refractivity contribution in [3.8, 4) is 5.75 Å². The molecule has 2 heterocycles. The largest absolute Gasteiger partial charge is 0.493 e. The standard InChI is InChI=1S/C10H16FN3O/c1-3-14-9(8(15-2)6-13-14)10(11)4-5-12-7-10/h6,12H,3-5,7H2,1-2H3. The third-order valence-corrected chi connectivity index (χ3v) is 2.85. The topological polar surface area (TPSA) is 39.1 Å². The summed E-state index contributed by atoms with van der Waals surface area (Å²) in [4.78, 5) is 0. The highest BCUT2D eigenvalue weighted by atomic mass is 19.1. The summed E-state index contributed by atoms with van der Waals surface area (Å²) in [5.74, 6) is 0.544. The first-order valence-electron chi connectivity index (χ1n) is 5.21. The molecule has 1 atom stereocenters. The number of hydrogen-bond donors (Lipinski definition) is 1. The number of ether oxygens (including phenoxy) is 1. The molecule has 1 fully saturated rings. The third kappa shape index (κ3) is 1.61. The fourth-order valence-electron chi connectivity index (χ4n) is 2.07. The minimum absolute atomic E-state index is 0.342. The van der Waals surface area contributed by atoms with Crippen molar-refractivity contribution in [1.29, 1.82) is 0 Å². The number of aromatic nitrogens is 2. The molecule has 0 radical (unpaired) electrons. The smallest absolute Gasteiger partial charge is 0.169 e. The van der Waals surface area contributed by atoms with Crippen molar-refractivity contribution in [1.82, 2.24) is 15.1 Å². The average Bonchev–Trinajstić information content (AvgIpc) is 2.83. The van der Waals surface area contributed by atoms with Crippen LogP contribution in [-0.4, -0.2) is 30.0 Å². The molecular formula is C10H16FN3O. The summed E-state index contributed by atoms with van der Waals surface area (Å²) in [7, 11) is 1.55. The normalized spacial score (nSPS) is 25.8. The molecule has 1 aliphatic heterocycles. The SMILES string of the molecule is CCn1ncc(OC)c1C1(F)CCNC1. The van der Waals surface area contributed by atoms with E-state index in [1.54, 1.807) is 18.0 Å². The lowest BCUT2D eigenvalue weighted by molar-refractivity contribution is 0.171. The van der Waals surface area contributed by atoms with Gasteiger partial charge in [0, 0.05) is 19.5 Å². The van der Waals surface area contributed by atoms with E-state index in [1.165, 1.54) is 0 Å². The summed E-state index contributed by atoms with van der Waals surface area (Å²) in [6.45, 7) is 3.65.